The summed E-state index contributed by atoms with van der Waals surface area (Å²) < 4.78 is 0.990. The molecule has 0 unspecified atom stereocenters. The van der Waals surface area contributed by atoms with Crippen molar-refractivity contribution >= 4 is 27.7 Å². The second-order valence-electron chi connectivity index (χ2n) is 6.85. The van der Waals surface area contributed by atoms with Gasteiger partial charge < -0.3 is 10.6 Å². The van der Waals surface area contributed by atoms with E-state index in [0.29, 0.717) is 18.4 Å². The third-order valence-corrected chi connectivity index (χ3v) is 5.50. The normalized spacial score (nSPS) is 23.5. The standard InChI is InChI=1S/C19H27BrN2O2/c1-13-5-3-8-17(14(13)2)22-19(24)10-9-18(23)21-12-15-6-4-7-16(20)11-15/h4,6-7,11,13-14,17H,3,5,8-10,12H2,1-2H3,(H,21,23)(H,22,24)/t13-,14-,17+/m1/s1. The first kappa shape index (κ1) is 19.0. The first-order valence-corrected chi connectivity index (χ1v) is 9.55. The van der Waals surface area contributed by atoms with Crippen LogP contribution < -0.4 is 10.6 Å². The highest BCUT2D eigenvalue weighted by molar-refractivity contribution is 9.10. The molecule has 1 aliphatic rings. The van der Waals surface area contributed by atoms with Crippen molar-refractivity contribution in [1.29, 1.82) is 0 Å². The zero-order chi connectivity index (χ0) is 17.5. The fraction of sp³-hybridized carbons (Fsp3) is 0.579. The molecule has 0 heterocycles. The Morgan fingerprint density at radius 1 is 1.17 bits per heavy atom. The van der Waals surface area contributed by atoms with Gasteiger partial charge in [0.1, 0.15) is 0 Å². The van der Waals surface area contributed by atoms with Gasteiger partial charge in [-0.3, -0.25) is 9.59 Å². The maximum atomic E-state index is 12.1. The minimum absolute atomic E-state index is 0.0152. The average molecular weight is 395 g/mol. The quantitative estimate of drug-likeness (QED) is 0.770. The predicted molar refractivity (Wildman–Crippen MR) is 99.3 cm³/mol. The van der Waals surface area contributed by atoms with E-state index in [1.807, 2.05) is 24.3 Å². The Hall–Kier alpha value is -1.36. The molecule has 1 fully saturated rings. The molecule has 4 nitrogen and oxygen atoms in total. The first-order valence-electron chi connectivity index (χ1n) is 8.76. The number of nitrogens with one attached hydrogen (secondary N) is 2. The lowest BCUT2D eigenvalue weighted by molar-refractivity contribution is -0.127. The molecule has 24 heavy (non-hydrogen) atoms. The van der Waals surface area contributed by atoms with Gasteiger partial charge in [0.05, 0.1) is 0 Å². The average Bonchev–Trinajstić information content (AvgIpc) is 2.55. The molecular formula is C19H27BrN2O2. The van der Waals surface area contributed by atoms with Gasteiger partial charge in [-0.2, -0.15) is 0 Å². The Bertz CT molecular complexity index is 576. The summed E-state index contributed by atoms with van der Waals surface area (Å²) in [6, 6.07) is 8.07. The molecule has 1 saturated carbocycles. The van der Waals surface area contributed by atoms with Gasteiger partial charge in [0.25, 0.3) is 0 Å². The van der Waals surface area contributed by atoms with Crippen molar-refractivity contribution in [1.82, 2.24) is 10.6 Å². The van der Waals surface area contributed by atoms with Crippen molar-refractivity contribution in [2.24, 2.45) is 11.8 Å². The predicted octanol–water partition coefficient (Wildman–Crippen LogP) is 3.79. The number of benzene rings is 1. The van der Waals surface area contributed by atoms with Crippen LogP contribution in [0.3, 0.4) is 0 Å². The van der Waals surface area contributed by atoms with Crippen molar-refractivity contribution in [2.75, 3.05) is 0 Å². The van der Waals surface area contributed by atoms with Gasteiger partial charge in [0, 0.05) is 29.9 Å². The van der Waals surface area contributed by atoms with E-state index in [-0.39, 0.29) is 30.7 Å². The molecule has 0 aliphatic heterocycles. The molecule has 3 atom stereocenters. The van der Waals surface area contributed by atoms with Gasteiger partial charge >= 0.3 is 0 Å². The fourth-order valence-corrected chi connectivity index (χ4v) is 3.67. The third kappa shape index (κ3) is 5.93. The van der Waals surface area contributed by atoms with Crippen molar-refractivity contribution < 1.29 is 9.59 Å². The lowest BCUT2D eigenvalue weighted by atomic mass is 9.78. The lowest BCUT2D eigenvalue weighted by Crippen LogP contribution is -2.43. The summed E-state index contributed by atoms with van der Waals surface area (Å²) in [6.45, 7) is 4.94. The summed E-state index contributed by atoms with van der Waals surface area (Å²) in [4.78, 5) is 24.0. The molecule has 2 rings (SSSR count). The Balaban J connectivity index is 1.68. The van der Waals surface area contributed by atoms with E-state index < -0.39 is 0 Å². The van der Waals surface area contributed by atoms with Crippen molar-refractivity contribution in [3.05, 3.63) is 34.3 Å². The van der Waals surface area contributed by atoms with E-state index in [1.54, 1.807) is 0 Å². The van der Waals surface area contributed by atoms with Gasteiger partial charge in [0.2, 0.25) is 11.8 Å². The Morgan fingerprint density at radius 2 is 1.92 bits per heavy atom. The van der Waals surface area contributed by atoms with Crippen molar-refractivity contribution in [3.63, 3.8) is 0 Å². The van der Waals surface area contributed by atoms with Crippen LogP contribution in [0.5, 0.6) is 0 Å². The lowest BCUT2D eigenvalue weighted by Gasteiger charge is -2.34. The van der Waals surface area contributed by atoms with E-state index in [9.17, 15) is 9.59 Å². The highest BCUT2D eigenvalue weighted by Gasteiger charge is 2.28. The molecule has 0 aromatic heterocycles. The second-order valence-corrected chi connectivity index (χ2v) is 7.76. The first-order chi connectivity index (χ1) is 11.5. The van der Waals surface area contributed by atoms with Crippen LogP contribution in [0.4, 0.5) is 0 Å². The Labute approximate surface area is 152 Å². The van der Waals surface area contributed by atoms with Crippen LogP contribution in [0.1, 0.15) is 51.5 Å². The Kier molecular flexibility index (Phi) is 7.28. The van der Waals surface area contributed by atoms with Gasteiger partial charge in [-0.15, -0.1) is 0 Å². The van der Waals surface area contributed by atoms with Crippen LogP contribution >= 0.6 is 15.9 Å². The molecule has 0 saturated heterocycles. The van der Waals surface area contributed by atoms with E-state index in [1.165, 1.54) is 12.8 Å². The molecule has 1 aliphatic carbocycles. The number of hydrogen-bond donors (Lipinski definition) is 2. The summed E-state index contributed by atoms with van der Waals surface area (Å²) in [5.74, 6) is 1.05. The largest absolute Gasteiger partial charge is 0.353 e. The maximum Gasteiger partial charge on any atom is 0.220 e. The summed E-state index contributed by atoms with van der Waals surface area (Å²) in [7, 11) is 0. The van der Waals surface area contributed by atoms with Crippen LogP contribution in [0.2, 0.25) is 0 Å². The number of carbonyl (C=O) groups excluding carboxylic acids is 2. The zero-order valence-corrected chi connectivity index (χ0v) is 16.1. The van der Waals surface area contributed by atoms with Gasteiger partial charge in [-0.05, 0) is 36.0 Å². The van der Waals surface area contributed by atoms with Crippen molar-refractivity contribution in [2.45, 2.75) is 58.5 Å². The van der Waals surface area contributed by atoms with Crippen LogP contribution in [0, 0.1) is 11.8 Å². The molecule has 2 N–H and O–H groups in total. The number of rotatable bonds is 6. The second kappa shape index (κ2) is 9.21. The smallest absolute Gasteiger partial charge is 0.220 e. The van der Waals surface area contributed by atoms with Crippen LogP contribution in [0.15, 0.2) is 28.7 Å². The number of halogens is 1. The number of carbonyl (C=O) groups is 2. The Morgan fingerprint density at radius 3 is 2.67 bits per heavy atom. The molecule has 0 spiro atoms. The number of hydrogen-bond acceptors (Lipinski definition) is 2. The van der Waals surface area contributed by atoms with Crippen LogP contribution in [0.25, 0.3) is 0 Å². The van der Waals surface area contributed by atoms with Crippen LogP contribution in [-0.4, -0.2) is 17.9 Å². The van der Waals surface area contributed by atoms with E-state index in [2.05, 4.69) is 40.4 Å². The summed E-state index contributed by atoms with van der Waals surface area (Å²) in [5, 5.41) is 5.97. The molecule has 132 valence electrons. The molecule has 5 heteroatoms. The highest BCUT2D eigenvalue weighted by Crippen LogP contribution is 2.29. The number of amides is 2. The summed E-state index contributed by atoms with van der Waals surface area (Å²) in [6.07, 6.45) is 3.94. The van der Waals surface area contributed by atoms with E-state index >= 15 is 0 Å². The van der Waals surface area contributed by atoms with Crippen LogP contribution in [-0.2, 0) is 16.1 Å². The van der Waals surface area contributed by atoms with E-state index in [4.69, 9.17) is 0 Å². The fourth-order valence-electron chi connectivity index (χ4n) is 3.23. The van der Waals surface area contributed by atoms with E-state index in [0.717, 1.165) is 16.5 Å². The van der Waals surface area contributed by atoms with Gasteiger partial charge in [0.15, 0.2) is 0 Å². The molecule has 0 bridgehead atoms. The molecule has 1 aromatic carbocycles. The minimum Gasteiger partial charge on any atom is -0.353 e. The molecule has 0 radical (unpaired) electrons. The molecular weight excluding hydrogens is 368 g/mol. The maximum absolute atomic E-state index is 12.1. The van der Waals surface area contributed by atoms with Gasteiger partial charge in [-0.25, -0.2) is 0 Å². The summed E-state index contributed by atoms with van der Waals surface area (Å²) in [5.41, 5.74) is 1.03. The molecule has 1 aromatic rings. The van der Waals surface area contributed by atoms with Gasteiger partial charge in [-0.1, -0.05) is 54.8 Å². The highest BCUT2D eigenvalue weighted by atomic mass is 79.9. The zero-order valence-electron chi connectivity index (χ0n) is 14.5. The SMILES string of the molecule is C[C@@H]1[C@H](C)CCC[C@@H]1NC(=O)CCC(=O)NCc1cccc(Br)c1. The molecule has 2 amide bonds. The third-order valence-electron chi connectivity index (χ3n) is 5.01. The minimum atomic E-state index is -0.0878. The monoisotopic (exact) mass is 394 g/mol. The topological polar surface area (TPSA) is 58.2 Å². The summed E-state index contributed by atoms with van der Waals surface area (Å²) >= 11 is 3.41. The van der Waals surface area contributed by atoms with Crippen molar-refractivity contribution in [3.8, 4) is 0 Å².